The minimum absolute atomic E-state index is 0.383. The monoisotopic (exact) mass is 307 g/mol. The van der Waals surface area contributed by atoms with Crippen LogP contribution in [0.5, 0.6) is 5.75 Å². The first-order valence-corrected chi connectivity index (χ1v) is 8.28. The molecule has 0 spiro atoms. The summed E-state index contributed by atoms with van der Waals surface area (Å²) in [5, 5.41) is 3.71. The Morgan fingerprint density at radius 1 is 1.38 bits per heavy atom. The summed E-state index contributed by atoms with van der Waals surface area (Å²) in [5.41, 5.74) is 0.915. The van der Waals surface area contributed by atoms with Crippen molar-refractivity contribution < 1.29 is 8.95 Å². The van der Waals surface area contributed by atoms with E-state index in [1.807, 2.05) is 24.3 Å². The number of aromatic nitrogens is 2. The third-order valence-corrected chi connectivity index (χ3v) is 4.06. The van der Waals surface area contributed by atoms with Crippen molar-refractivity contribution in [1.82, 2.24) is 15.3 Å². The number of hydrogen-bond donors (Lipinski definition) is 2. The number of para-hydroxylation sites is 1. The molecule has 0 aliphatic carbocycles. The number of benzene rings is 1. The lowest BCUT2D eigenvalue weighted by molar-refractivity contribution is 0.274. The summed E-state index contributed by atoms with van der Waals surface area (Å²) in [7, 11) is -1.20. The number of ether oxygens (including phenoxy) is 1. The molecule has 2 rings (SSSR count). The van der Waals surface area contributed by atoms with Gasteiger partial charge < -0.3 is 9.72 Å². The Bertz CT molecular complexity index is 570. The van der Waals surface area contributed by atoms with Crippen molar-refractivity contribution in [3.8, 4) is 5.75 Å². The number of nitrogens with one attached hydrogen (secondary N) is 2. The van der Waals surface area contributed by atoms with Gasteiger partial charge in [0.15, 0.2) is 5.16 Å². The van der Waals surface area contributed by atoms with Crippen LogP contribution >= 0.6 is 0 Å². The van der Waals surface area contributed by atoms with E-state index in [1.54, 1.807) is 12.4 Å². The van der Waals surface area contributed by atoms with Crippen LogP contribution in [0.3, 0.4) is 0 Å². The number of imidazole rings is 1. The lowest BCUT2D eigenvalue weighted by atomic mass is 10.2. The molecule has 0 saturated heterocycles. The van der Waals surface area contributed by atoms with Gasteiger partial charge in [0.1, 0.15) is 12.5 Å². The van der Waals surface area contributed by atoms with E-state index in [0.29, 0.717) is 23.6 Å². The fourth-order valence-corrected chi connectivity index (χ4v) is 2.86. The van der Waals surface area contributed by atoms with Crippen LogP contribution in [-0.2, 0) is 16.6 Å². The second kappa shape index (κ2) is 7.95. The molecule has 1 aromatic carbocycles. The van der Waals surface area contributed by atoms with Crippen LogP contribution in [-0.4, -0.2) is 27.5 Å². The highest BCUT2D eigenvalue weighted by Gasteiger charge is 2.11. The van der Waals surface area contributed by atoms with E-state index in [4.69, 9.17) is 4.74 Å². The molecular weight excluding hydrogens is 286 g/mol. The maximum Gasteiger partial charge on any atom is 0.196 e. The number of rotatable bonds is 8. The molecule has 0 aliphatic rings. The Balaban J connectivity index is 1.95. The van der Waals surface area contributed by atoms with E-state index >= 15 is 0 Å². The highest BCUT2D eigenvalue weighted by molar-refractivity contribution is 7.84. The van der Waals surface area contributed by atoms with Gasteiger partial charge in [0.05, 0.1) is 16.6 Å². The Hall–Kier alpha value is -1.66. The fourth-order valence-electron chi connectivity index (χ4n) is 1.83. The maximum absolute atomic E-state index is 12.2. The summed E-state index contributed by atoms with van der Waals surface area (Å²) < 4.78 is 17.9. The molecule has 1 aromatic heterocycles. The highest BCUT2D eigenvalue weighted by Crippen LogP contribution is 2.20. The van der Waals surface area contributed by atoms with Crippen LogP contribution < -0.4 is 10.1 Å². The summed E-state index contributed by atoms with van der Waals surface area (Å²) >= 11 is 0. The van der Waals surface area contributed by atoms with Crippen molar-refractivity contribution in [2.45, 2.75) is 24.8 Å². The second-order valence-corrected chi connectivity index (χ2v) is 6.49. The van der Waals surface area contributed by atoms with Gasteiger partial charge in [-0.25, -0.2) is 4.98 Å². The van der Waals surface area contributed by atoms with Crippen LogP contribution in [0.2, 0.25) is 0 Å². The Morgan fingerprint density at radius 3 is 2.90 bits per heavy atom. The molecule has 2 N–H and O–H groups in total. The molecule has 2 aromatic rings. The molecule has 0 bridgehead atoms. The van der Waals surface area contributed by atoms with Crippen LogP contribution in [0.15, 0.2) is 41.8 Å². The van der Waals surface area contributed by atoms with Gasteiger partial charge in [-0.1, -0.05) is 32.0 Å². The van der Waals surface area contributed by atoms with Crippen molar-refractivity contribution in [3.05, 3.63) is 42.2 Å². The van der Waals surface area contributed by atoms with E-state index in [-0.39, 0.29) is 0 Å². The topological polar surface area (TPSA) is 67.0 Å². The van der Waals surface area contributed by atoms with Crippen molar-refractivity contribution in [1.29, 1.82) is 0 Å². The van der Waals surface area contributed by atoms with E-state index in [2.05, 4.69) is 29.1 Å². The third kappa shape index (κ3) is 4.99. The Morgan fingerprint density at radius 2 is 2.19 bits per heavy atom. The van der Waals surface area contributed by atoms with E-state index in [1.165, 1.54) is 0 Å². The largest absolute Gasteiger partial charge is 0.478 e. The normalized spacial score (nSPS) is 12.5. The van der Waals surface area contributed by atoms with Crippen LogP contribution in [0, 0.1) is 5.92 Å². The Kier molecular flexibility index (Phi) is 5.95. The predicted octanol–water partition coefficient (Wildman–Crippen LogP) is 2.30. The van der Waals surface area contributed by atoms with Gasteiger partial charge in [0, 0.05) is 24.5 Å². The second-order valence-electron chi connectivity index (χ2n) is 5.13. The van der Waals surface area contributed by atoms with Crippen molar-refractivity contribution in [3.63, 3.8) is 0 Å². The molecule has 21 heavy (non-hydrogen) atoms. The van der Waals surface area contributed by atoms with Gasteiger partial charge in [-0.15, -0.1) is 0 Å². The lowest BCUT2D eigenvalue weighted by Gasteiger charge is -2.12. The third-order valence-electron chi connectivity index (χ3n) is 2.83. The van der Waals surface area contributed by atoms with E-state index < -0.39 is 10.8 Å². The molecular formula is C15H21N3O2S. The van der Waals surface area contributed by atoms with Gasteiger partial charge in [-0.3, -0.25) is 9.53 Å². The van der Waals surface area contributed by atoms with Gasteiger partial charge in [0.25, 0.3) is 0 Å². The fraction of sp³-hybridized carbons (Fsp3) is 0.400. The van der Waals surface area contributed by atoms with Crippen LogP contribution in [0.4, 0.5) is 0 Å². The molecule has 1 heterocycles. The quantitative estimate of drug-likeness (QED) is 0.580. The smallest absolute Gasteiger partial charge is 0.196 e. The molecule has 6 heteroatoms. The minimum atomic E-state index is -1.20. The Labute approximate surface area is 127 Å². The molecule has 114 valence electrons. The summed E-state index contributed by atoms with van der Waals surface area (Å²) in [6.45, 7) is 5.64. The van der Waals surface area contributed by atoms with Gasteiger partial charge in [-0.05, 0) is 12.0 Å². The molecule has 0 aliphatic heterocycles. The number of H-pyrrole nitrogens is 1. The van der Waals surface area contributed by atoms with Gasteiger partial charge in [-0.2, -0.15) is 0 Å². The molecule has 0 radical (unpaired) electrons. The van der Waals surface area contributed by atoms with E-state index in [0.717, 1.165) is 17.9 Å². The van der Waals surface area contributed by atoms with Crippen LogP contribution in [0.25, 0.3) is 0 Å². The summed E-state index contributed by atoms with van der Waals surface area (Å²) in [5.74, 6) is 1.72. The minimum Gasteiger partial charge on any atom is -0.478 e. The summed E-state index contributed by atoms with van der Waals surface area (Å²) in [6.07, 6.45) is 3.27. The van der Waals surface area contributed by atoms with Gasteiger partial charge >= 0.3 is 0 Å². The molecule has 1 unspecified atom stereocenters. The summed E-state index contributed by atoms with van der Waals surface area (Å²) in [6, 6.07) is 7.66. The van der Waals surface area contributed by atoms with Crippen molar-refractivity contribution in [2.24, 2.45) is 5.92 Å². The number of nitrogens with zero attached hydrogens (tertiary/aromatic N) is 1. The standard InChI is InChI=1S/C15H21N3O2S/c1-12(2)9-16-11-20-14-6-4-3-5-13(14)10-21(19)15-17-7-8-18-15/h3-8,12,16H,9-11H2,1-2H3,(H,17,18). The molecule has 1 atom stereocenters. The summed E-state index contributed by atoms with van der Waals surface area (Å²) in [4.78, 5) is 6.90. The average molecular weight is 307 g/mol. The van der Waals surface area contributed by atoms with Crippen LogP contribution in [0.1, 0.15) is 19.4 Å². The number of hydrogen-bond acceptors (Lipinski definition) is 4. The first-order valence-electron chi connectivity index (χ1n) is 6.96. The van der Waals surface area contributed by atoms with Crippen molar-refractivity contribution >= 4 is 10.8 Å². The zero-order valence-corrected chi connectivity index (χ0v) is 13.2. The first-order chi connectivity index (χ1) is 10.2. The maximum atomic E-state index is 12.2. The highest BCUT2D eigenvalue weighted by atomic mass is 32.2. The van der Waals surface area contributed by atoms with Crippen molar-refractivity contribution in [2.75, 3.05) is 13.3 Å². The molecule has 0 fully saturated rings. The molecule has 0 amide bonds. The predicted molar refractivity (Wildman–Crippen MR) is 83.5 cm³/mol. The molecule has 0 saturated carbocycles. The van der Waals surface area contributed by atoms with E-state index in [9.17, 15) is 4.21 Å². The first kappa shape index (κ1) is 15.7. The number of aromatic amines is 1. The zero-order chi connectivity index (χ0) is 15.1. The zero-order valence-electron chi connectivity index (χ0n) is 12.3. The van der Waals surface area contributed by atoms with Gasteiger partial charge in [0.2, 0.25) is 0 Å². The average Bonchev–Trinajstić information content (AvgIpc) is 2.99. The SMILES string of the molecule is CC(C)CNCOc1ccccc1CS(=O)c1ncc[nH]1. The molecule has 5 nitrogen and oxygen atoms in total. The lowest BCUT2D eigenvalue weighted by Crippen LogP contribution is -2.24.